The molecule has 0 amide bonds. The number of carbonyl (C=O) groups excluding carboxylic acids is 3. The first kappa shape index (κ1) is 16.5. The summed E-state index contributed by atoms with van der Waals surface area (Å²) in [6, 6.07) is 3.71. The molecule has 0 saturated heterocycles. The van der Waals surface area contributed by atoms with Gasteiger partial charge in [-0.05, 0) is 30.7 Å². The van der Waals surface area contributed by atoms with Crippen LogP contribution in [0.4, 0.5) is 0 Å². The zero-order chi connectivity index (χ0) is 18.5. The van der Waals surface area contributed by atoms with E-state index in [2.05, 4.69) is 0 Å². The Labute approximate surface area is 142 Å². The first-order valence-electron chi connectivity index (χ1n) is 7.27. The lowest BCUT2D eigenvalue weighted by atomic mass is 9.80. The number of esters is 1. The second-order valence-electron chi connectivity index (χ2n) is 5.51. The third-order valence-corrected chi connectivity index (χ3v) is 4.25. The zero-order valence-electron chi connectivity index (χ0n) is 13.7. The van der Waals surface area contributed by atoms with Crippen LogP contribution in [-0.4, -0.2) is 42.0 Å². The van der Waals surface area contributed by atoms with E-state index in [1.807, 2.05) is 0 Å². The highest BCUT2D eigenvalue weighted by molar-refractivity contribution is 6.30. The Bertz CT molecular complexity index is 957. The largest absolute Gasteiger partial charge is 0.504 e. The second kappa shape index (κ2) is 5.62. The number of benzene rings is 2. The summed E-state index contributed by atoms with van der Waals surface area (Å²) in [6.45, 7) is 1.49. The van der Waals surface area contributed by atoms with Crippen molar-refractivity contribution in [2.45, 2.75) is 6.92 Å². The molecule has 7 nitrogen and oxygen atoms in total. The maximum absolute atomic E-state index is 12.9. The summed E-state index contributed by atoms with van der Waals surface area (Å²) in [5.41, 5.74) is -0.0632. The van der Waals surface area contributed by atoms with Gasteiger partial charge in [-0.3, -0.25) is 9.59 Å². The zero-order valence-corrected chi connectivity index (χ0v) is 13.7. The molecule has 0 heterocycles. The minimum atomic E-state index is -0.719. The van der Waals surface area contributed by atoms with E-state index in [9.17, 15) is 24.6 Å². The number of ketones is 2. The van der Waals surface area contributed by atoms with Crippen molar-refractivity contribution in [3.05, 3.63) is 51.6 Å². The molecule has 0 saturated carbocycles. The van der Waals surface area contributed by atoms with Gasteiger partial charge in [0, 0.05) is 16.7 Å². The Morgan fingerprint density at radius 3 is 2.28 bits per heavy atom. The number of fused-ring (bicyclic) bond motifs is 2. The monoisotopic (exact) mass is 342 g/mol. The summed E-state index contributed by atoms with van der Waals surface area (Å²) in [4.78, 5) is 37.7. The number of ether oxygens (including phenoxy) is 2. The lowest BCUT2D eigenvalue weighted by molar-refractivity contribution is 0.0595. The second-order valence-corrected chi connectivity index (χ2v) is 5.51. The third-order valence-electron chi connectivity index (χ3n) is 4.25. The van der Waals surface area contributed by atoms with Crippen LogP contribution in [0.1, 0.15) is 47.8 Å². The van der Waals surface area contributed by atoms with E-state index in [4.69, 9.17) is 9.47 Å². The van der Waals surface area contributed by atoms with Gasteiger partial charge in [-0.1, -0.05) is 0 Å². The minimum absolute atomic E-state index is 0.0213. The Morgan fingerprint density at radius 2 is 1.68 bits per heavy atom. The fourth-order valence-corrected chi connectivity index (χ4v) is 3.04. The summed E-state index contributed by atoms with van der Waals surface area (Å²) < 4.78 is 9.90. The van der Waals surface area contributed by atoms with E-state index >= 15 is 0 Å². The smallest absolute Gasteiger partial charge is 0.341 e. The van der Waals surface area contributed by atoms with E-state index in [1.54, 1.807) is 0 Å². The number of methoxy groups -OCH3 is 2. The van der Waals surface area contributed by atoms with Gasteiger partial charge in [0.1, 0.15) is 11.3 Å². The normalized spacial score (nSPS) is 12.4. The maximum atomic E-state index is 12.9. The van der Waals surface area contributed by atoms with Gasteiger partial charge in [-0.2, -0.15) is 0 Å². The summed E-state index contributed by atoms with van der Waals surface area (Å²) in [6.07, 6.45) is 0. The SMILES string of the molecule is COC(=O)c1c(OC)cc2c(c1C)C(=O)c1c(ccc(O)c1O)C2=O. The quantitative estimate of drug-likeness (QED) is 0.541. The van der Waals surface area contributed by atoms with Crippen LogP contribution in [0.15, 0.2) is 18.2 Å². The van der Waals surface area contributed by atoms with Crippen LogP contribution in [0, 0.1) is 6.92 Å². The van der Waals surface area contributed by atoms with E-state index in [1.165, 1.54) is 33.3 Å². The molecule has 1 aliphatic carbocycles. The number of hydrogen-bond acceptors (Lipinski definition) is 7. The van der Waals surface area contributed by atoms with Crippen molar-refractivity contribution in [3.63, 3.8) is 0 Å². The summed E-state index contributed by atoms with van der Waals surface area (Å²) in [5.74, 6) is -2.97. The summed E-state index contributed by atoms with van der Waals surface area (Å²) in [5, 5.41) is 19.7. The number of hydrogen-bond donors (Lipinski definition) is 2. The number of rotatable bonds is 2. The molecular formula is C18H14O7. The molecule has 0 bridgehead atoms. The van der Waals surface area contributed by atoms with E-state index in [-0.39, 0.29) is 39.1 Å². The Morgan fingerprint density at radius 1 is 1.00 bits per heavy atom. The van der Waals surface area contributed by atoms with Crippen molar-refractivity contribution >= 4 is 17.5 Å². The topological polar surface area (TPSA) is 110 Å². The number of phenols is 2. The molecule has 0 spiro atoms. The van der Waals surface area contributed by atoms with E-state index in [0.717, 1.165) is 6.07 Å². The average Bonchev–Trinajstić information content (AvgIpc) is 2.60. The lowest BCUT2D eigenvalue weighted by Gasteiger charge is -2.23. The highest BCUT2D eigenvalue weighted by Gasteiger charge is 2.37. The van der Waals surface area contributed by atoms with Gasteiger partial charge in [0.15, 0.2) is 23.1 Å². The Kier molecular flexibility index (Phi) is 3.71. The van der Waals surface area contributed by atoms with Crippen LogP contribution in [0.3, 0.4) is 0 Å². The van der Waals surface area contributed by atoms with Crippen LogP contribution in [0.2, 0.25) is 0 Å². The molecular weight excluding hydrogens is 328 g/mol. The van der Waals surface area contributed by atoms with Crippen molar-refractivity contribution in [2.75, 3.05) is 14.2 Å². The molecule has 2 aromatic carbocycles. The Balaban J connectivity index is 2.39. The fraction of sp³-hybridized carbons (Fsp3) is 0.167. The molecule has 1 aliphatic rings. The molecule has 2 N–H and O–H groups in total. The van der Waals surface area contributed by atoms with Gasteiger partial charge >= 0.3 is 5.97 Å². The molecule has 0 aliphatic heterocycles. The van der Waals surface area contributed by atoms with Gasteiger partial charge in [0.25, 0.3) is 0 Å². The fourth-order valence-electron chi connectivity index (χ4n) is 3.04. The average molecular weight is 342 g/mol. The van der Waals surface area contributed by atoms with Gasteiger partial charge < -0.3 is 19.7 Å². The molecule has 0 atom stereocenters. The molecule has 128 valence electrons. The Hall–Kier alpha value is -3.35. The first-order valence-corrected chi connectivity index (χ1v) is 7.27. The molecule has 0 unspecified atom stereocenters. The predicted octanol–water partition coefficient (Wildman–Crippen LogP) is 1.98. The predicted molar refractivity (Wildman–Crippen MR) is 85.7 cm³/mol. The van der Waals surface area contributed by atoms with Gasteiger partial charge in [0.05, 0.1) is 19.8 Å². The number of phenolic OH excluding ortho intramolecular Hbond substituents is 2. The van der Waals surface area contributed by atoms with Crippen molar-refractivity contribution in [3.8, 4) is 17.2 Å². The van der Waals surface area contributed by atoms with Crippen molar-refractivity contribution in [1.82, 2.24) is 0 Å². The van der Waals surface area contributed by atoms with Crippen LogP contribution < -0.4 is 4.74 Å². The summed E-state index contributed by atoms with van der Waals surface area (Å²) >= 11 is 0. The standard InChI is InChI=1S/C18H14O7/c1-7-12-9(6-11(24-2)13(7)18(23)25-3)15(20)8-4-5-10(19)16(21)14(8)17(12)22/h4-6,19,21H,1-3H3. The van der Waals surface area contributed by atoms with Crippen molar-refractivity contribution in [1.29, 1.82) is 0 Å². The highest BCUT2D eigenvalue weighted by Crippen LogP contribution is 2.41. The van der Waals surface area contributed by atoms with E-state index in [0.29, 0.717) is 0 Å². The third kappa shape index (κ3) is 2.16. The van der Waals surface area contributed by atoms with Crippen LogP contribution in [-0.2, 0) is 4.74 Å². The number of carbonyl (C=O) groups is 3. The molecule has 7 heteroatoms. The highest BCUT2D eigenvalue weighted by atomic mass is 16.5. The van der Waals surface area contributed by atoms with Gasteiger partial charge in [-0.15, -0.1) is 0 Å². The van der Waals surface area contributed by atoms with Crippen LogP contribution in [0.25, 0.3) is 0 Å². The molecule has 0 fully saturated rings. The van der Waals surface area contributed by atoms with Crippen LogP contribution >= 0.6 is 0 Å². The van der Waals surface area contributed by atoms with Crippen molar-refractivity contribution < 1.29 is 34.1 Å². The molecule has 25 heavy (non-hydrogen) atoms. The molecule has 2 aromatic rings. The molecule has 3 rings (SSSR count). The number of aromatic hydroxyl groups is 2. The lowest BCUT2D eigenvalue weighted by Crippen LogP contribution is -2.24. The first-order chi connectivity index (χ1) is 11.8. The van der Waals surface area contributed by atoms with Gasteiger partial charge in [0.2, 0.25) is 0 Å². The van der Waals surface area contributed by atoms with Gasteiger partial charge in [-0.25, -0.2) is 4.79 Å². The molecule has 0 aromatic heterocycles. The van der Waals surface area contributed by atoms with Crippen LogP contribution in [0.5, 0.6) is 17.2 Å². The van der Waals surface area contributed by atoms with E-state index < -0.39 is 29.0 Å². The minimum Gasteiger partial charge on any atom is -0.504 e. The van der Waals surface area contributed by atoms with Crippen molar-refractivity contribution in [2.24, 2.45) is 0 Å². The summed E-state index contributed by atoms with van der Waals surface area (Å²) in [7, 11) is 2.52. The maximum Gasteiger partial charge on any atom is 0.341 e. The molecule has 0 radical (unpaired) electrons.